The first kappa shape index (κ1) is 17.8. The van der Waals surface area contributed by atoms with Gasteiger partial charge in [-0.15, -0.1) is 5.10 Å². The van der Waals surface area contributed by atoms with Gasteiger partial charge >= 0.3 is 5.97 Å². The minimum absolute atomic E-state index is 0.128. The Kier molecular flexibility index (Phi) is 4.08. The summed E-state index contributed by atoms with van der Waals surface area (Å²) >= 11 is 0. The van der Waals surface area contributed by atoms with Crippen LogP contribution < -0.4 is 0 Å². The Labute approximate surface area is 150 Å². The average Bonchev–Trinajstić information content (AvgIpc) is 3.21. The first-order valence-corrected chi connectivity index (χ1v) is 8.53. The quantitative estimate of drug-likeness (QED) is 0.703. The van der Waals surface area contributed by atoms with Gasteiger partial charge in [0.05, 0.1) is 19.9 Å². The van der Waals surface area contributed by atoms with Crippen LogP contribution in [0.2, 0.25) is 0 Å². The van der Waals surface area contributed by atoms with E-state index in [2.05, 4.69) is 15.0 Å². The molecule has 1 aromatic rings. The van der Waals surface area contributed by atoms with E-state index in [1.54, 1.807) is 0 Å². The fourth-order valence-electron chi connectivity index (χ4n) is 3.61. The van der Waals surface area contributed by atoms with E-state index in [0.29, 0.717) is 6.54 Å². The summed E-state index contributed by atoms with van der Waals surface area (Å²) in [4.78, 5) is 11.6. The highest BCUT2D eigenvalue weighted by Crippen LogP contribution is 2.44. The maximum absolute atomic E-state index is 11.6. The summed E-state index contributed by atoms with van der Waals surface area (Å²) < 4.78 is 36.2. The molecule has 5 atom stereocenters. The molecule has 0 N–H and O–H groups in total. The van der Waals surface area contributed by atoms with E-state index in [4.69, 9.17) is 23.7 Å². The average molecular weight is 369 g/mol. The van der Waals surface area contributed by atoms with Gasteiger partial charge in [0.1, 0.15) is 24.4 Å². The van der Waals surface area contributed by atoms with Gasteiger partial charge in [-0.2, -0.15) is 0 Å². The van der Waals surface area contributed by atoms with Gasteiger partial charge in [0, 0.05) is 0 Å². The Balaban J connectivity index is 1.56. The van der Waals surface area contributed by atoms with Crippen molar-refractivity contribution in [2.45, 2.75) is 76.5 Å². The Morgan fingerprint density at radius 2 is 1.77 bits per heavy atom. The number of aromatic nitrogens is 3. The number of rotatable bonds is 3. The third kappa shape index (κ3) is 3.12. The number of esters is 1. The molecular formula is C16H23N3O7. The predicted molar refractivity (Wildman–Crippen MR) is 83.9 cm³/mol. The van der Waals surface area contributed by atoms with Crippen molar-refractivity contribution in [2.24, 2.45) is 0 Å². The topological polar surface area (TPSA) is 103 Å². The second-order valence-corrected chi connectivity index (χ2v) is 7.53. The highest BCUT2D eigenvalue weighted by molar-refractivity contribution is 5.86. The van der Waals surface area contributed by atoms with Crippen molar-refractivity contribution in [3.8, 4) is 0 Å². The van der Waals surface area contributed by atoms with E-state index < -0.39 is 29.9 Å². The number of hydrogen-bond donors (Lipinski definition) is 0. The molecular weight excluding hydrogens is 346 g/mol. The molecule has 10 heteroatoms. The molecule has 0 radical (unpaired) electrons. The smallest absolute Gasteiger partial charge is 0.360 e. The number of carbonyl (C=O) groups excluding carboxylic acids is 1. The lowest BCUT2D eigenvalue weighted by atomic mass is 9.99. The molecule has 3 aliphatic heterocycles. The molecule has 1 aromatic heterocycles. The molecule has 10 nitrogen and oxygen atoms in total. The molecule has 3 fully saturated rings. The van der Waals surface area contributed by atoms with Crippen LogP contribution in [-0.4, -0.2) is 70.4 Å². The Hall–Kier alpha value is -1.59. The lowest BCUT2D eigenvalue weighted by Crippen LogP contribution is -2.56. The van der Waals surface area contributed by atoms with Crippen LogP contribution in [0.1, 0.15) is 38.2 Å². The summed E-state index contributed by atoms with van der Waals surface area (Å²) in [5.41, 5.74) is 0.128. The molecule has 0 bridgehead atoms. The molecule has 0 aromatic carbocycles. The summed E-state index contributed by atoms with van der Waals surface area (Å²) in [5, 5.41) is 7.77. The molecule has 4 rings (SSSR count). The van der Waals surface area contributed by atoms with Crippen molar-refractivity contribution in [3.05, 3.63) is 11.9 Å². The minimum Gasteiger partial charge on any atom is -0.464 e. The van der Waals surface area contributed by atoms with E-state index >= 15 is 0 Å². The maximum atomic E-state index is 11.6. The van der Waals surface area contributed by atoms with Gasteiger partial charge in [-0.05, 0) is 27.7 Å². The van der Waals surface area contributed by atoms with Crippen molar-refractivity contribution in [1.29, 1.82) is 0 Å². The third-order valence-corrected chi connectivity index (χ3v) is 4.55. The van der Waals surface area contributed by atoms with Gasteiger partial charge in [0.2, 0.25) is 0 Å². The van der Waals surface area contributed by atoms with Crippen molar-refractivity contribution < 1.29 is 33.2 Å². The monoisotopic (exact) mass is 369 g/mol. The Morgan fingerprint density at radius 3 is 2.50 bits per heavy atom. The van der Waals surface area contributed by atoms with Gasteiger partial charge in [0.15, 0.2) is 23.6 Å². The van der Waals surface area contributed by atoms with E-state index in [-0.39, 0.29) is 24.0 Å². The number of nitrogens with zero attached hydrogens (tertiary/aromatic N) is 3. The van der Waals surface area contributed by atoms with Crippen LogP contribution in [0.5, 0.6) is 0 Å². The summed E-state index contributed by atoms with van der Waals surface area (Å²) in [6.45, 7) is 7.68. The summed E-state index contributed by atoms with van der Waals surface area (Å²) in [6.07, 6.45) is -0.555. The van der Waals surface area contributed by atoms with Crippen molar-refractivity contribution >= 4 is 5.97 Å². The summed E-state index contributed by atoms with van der Waals surface area (Å²) in [7, 11) is 1.29. The fourth-order valence-corrected chi connectivity index (χ4v) is 3.61. The molecule has 0 unspecified atom stereocenters. The molecule has 0 saturated carbocycles. The molecule has 0 amide bonds. The Bertz CT molecular complexity index is 704. The largest absolute Gasteiger partial charge is 0.464 e. The van der Waals surface area contributed by atoms with E-state index in [1.165, 1.54) is 18.0 Å². The van der Waals surface area contributed by atoms with Crippen LogP contribution in [0.3, 0.4) is 0 Å². The van der Waals surface area contributed by atoms with Crippen LogP contribution in [0.4, 0.5) is 0 Å². The second kappa shape index (κ2) is 5.96. The van der Waals surface area contributed by atoms with E-state index in [0.717, 1.165) is 0 Å². The zero-order valence-electron chi connectivity index (χ0n) is 15.4. The van der Waals surface area contributed by atoms with Crippen molar-refractivity contribution in [1.82, 2.24) is 15.0 Å². The lowest BCUT2D eigenvalue weighted by molar-refractivity contribution is -0.236. The highest BCUT2D eigenvalue weighted by Gasteiger charge is 2.60. The summed E-state index contributed by atoms with van der Waals surface area (Å²) in [6, 6.07) is 0. The first-order chi connectivity index (χ1) is 12.2. The molecule has 3 saturated heterocycles. The van der Waals surface area contributed by atoms with Gasteiger partial charge in [-0.3, -0.25) is 0 Å². The molecule has 3 aliphatic rings. The molecule has 26 heavy (non-hydrogen) atoms. The number of ether oxygens (including phenoxy) is 6. The fraction of sp³-hybridized carbons (Fsp3) is 0.812. The number of fused-ring (bicyclic) bond motifs is 3. The molecule has 0 aliphatic carbocycles. The van der Waals surface area contributed by atoms with Crippen molar-refractivity contribution in [2.75, 3.05) is 7.11 Å². The van der Waals surface area contributed by atoms with Crippen molar-refractivity contribution in [3.63, 3.8) is 0 Å². The lowest BCUT2D eigenvalue weighted by Gasteiger charge is -2.37. The Morgan fingerprint density at radius 1 is 1.12 bits per heavy atom. The zero-order chi connectivity index (χ0) is 18.7. The van der Waals surface area contributed by atoms with E-state index in [9.17, 15) is 4.79 Å². The van der Waals surface area contributed by atoms with Crippen LogP contribution in [0.15, 0.2) is 6.20 Å². The second-order valence-electron chi connectivity index (χ2n) is 7.53. The molecule has 0 spiro atoms. The number of hydrogen-bond acceptors (Lipinski definition) is 9. The number of methoxy groups -OCH3 is 1. The minimum atomic E-state index is -0.768. The summed E-state index contributed by atoms with van der Waals surface area (Å²) in [5.74, 6) is -2.08. The number of carbonyl (C=O) groups is 1. The van der Waals surface area contributed by atoms with Crippen LogP contribution >= 0.6 is 0 Å². The normalized spacial score (nSPS) is 37.2. The predicted octanol–water partition coefficient (Wildman–Crippen LogP) is 0.461. The van der Waals surface area contributed by atoms with Gasteiger partial charge in [-0.25, -0.2) is 9.48 Å². The highest BCUT2D eigenvalue weighted by atomic mass is 16.9. The van der Waals surface area contributed by atoms with Gasteiger partial charge < -0.3 is 28.4 Å². The molecule has 144 valence electrons. The van der Waals surface area contributed by atoms with Gasteiger partial charge in [-0.1, -0.05) is 5.21 Å². The SMILES string of the molecule is COC(=O)c1cn(C[C@H]2O[C@@H]3OC(C)(C)O[C@@H]3[C@H]3OC(C)(C)O[C@H]32)nn1. The maximum Gasteiger partial charge on any atom is 0.360 e. The first-order valence-electron chi connectivity index (χ1n) is 8.53. The van der Waals surface area contributed by atoms with Crippen LogP contribution in [-0.2, 0) is 35.0 Å². The van der Waals surface area contributed by atoms with Crippen LogP contribution in [0.25, 0.3) is 0 Å². The zero-order valence-corrected chi connectivity index (χ0v) is 15.4. The standard InChI is InChI=1S/C16H23N3O7/c1-15(2)23-10-9(7-19-6-8(17-18-19)13(20)21-5)22-14-12(11(10)24-15)25-16(3,4)26-14/h6,9-12,14H,7H2,1-5H3/t9-,10+,11+,12-,14-/m1/s1. The van der Waals surface area contributed by atoms with Gasteiger partial charge in [0.25, 0.3) is 0 Å². The third-order valence-electron chi connectivity index (χ3n) is 4.55. The van der Waals surface area contributed by atoms with E-state index in [1.807, 2.05) is 27.7 Å². The molecule has 4 heterocycles. The van der Waals surface area contributed by atoms with Crippen LogP contribution in [0, 0.1) is 0 Å².